The third kappa shape index (κ3) is 2.72. The van der Waals surface area contributed by atoms with Gasteiger partial charge in [0.1, 0.15) is 24.3 Å². The molecule has 1 atom stereocenters. The molecule has 0 unspecified atom stereocenters. The second-order valence-electron chi connectivity index (χ2n) is 6.04. The predicted octanol–water partition coefficient (Wildman–Crippen LogP) is 1.34. The molecule has 5 nitrogen and oxygen atoms in total. The van der Waals surface area contributed by atoms with Crippen LogP contribution in [0.1, 0.15) is 17.3 Å². The van der Waals surface area contributed by atoms with Crippen molar-refractivity contribution in [3.8, 4) is 5.75 Å². The number of hydrogen-bond donors (Lipinski definition) is 2. The molecule has 24 heavy (non-hydrogen) atoms. The number of pyridine rings is 2. The van der Waals surface area contributed by atoms with Gasteiger partial charge >= 0.3 is 0 Å². The molecule has 0 spiro atoms. The number of aromatic hydroxyl groups is 1. The Hall–Kier alpha value is -2.50. The smallest absolute Gasteiger partial charge is 0.160 e. The summed E-state index contributed by atoms with van der Waals surface area (Å²) in [6.07, 6.45) is 3.52. The molecule has 1 fully saturated rings. The molecule has 1 saturated heterocycles. The van der Waals surface area contributed by atoms with Crippen LogP contribution in [-0.2, 0) is 4.74 Å². The van der Waals surface area contributed by atoms with Gasteiger partial charge in [-0.1, -0.05) is 18.2 Å². The number of rotatable bonds is 3. The van der Waals surface area contributed by atoms with Crippen LogP contribution in [0.15, 0.2) is 54.9 Å². The lowest BCUT2D eigenvalue weighted by Gasteiger charge is -2.31. The summed E-state index contributed by atoms with van der Waals surface area (Å²) in [5.41, 5.74) is 2.47. The van der Waals surface area contributed by atoms with Crippen LogP contribution in [0.5, 0.6) is 5.75 Å². The highest BCUT2D eigenvalue weighted by molar-refractivity contribution is 5.85. The fraction of sp³-hybridized carbons (Fsp3) is 0.263. The normalized spacial score (nSPS) is 17.0. The van der Waals surface area contributed by atoms with E-state index in [-0.39, 0.29) is 11.8 Å². The molecule has 2 N–H and O–H groups in total. The van der Waals surface area contributed by atoms with E-state index in [0.29, 0.717) is 5.52 Å². The van der Waals surface area contributed by atoms with Gasteiger partial charge in [0.15, 0.2) is 11.8 Å². The first-order chi connectivity index (χ1) is 11.8. The van der Waals surface area contributed by atoms with Crippen molar-refractivity contribution in [1.29, 1.82) is 0 Å². The van der Waals surface area contributed by atoms with Gasteiger partial charge in [0.05, 0.1) is 18.8 Å². The lowest BCUT2D eigenvalue weighted by atomic mass is 9.98. The van der Waals surface area contributed by atoms with Crippen LogP contribution >= 0.6 is 0 Å². The molecule has 0 saturated carbocycles. The Morgan fingerprint density at radius 1 is 0.958 bits per heavy atom. The summed E-state index contributed by atoms with van der Waals surface area (Å²) in [4.78, 5) is 10.3. The number of fused-ring (bicyclic) bond motifs is 1. The summed E-state index contributed by atoms with van der Waals surface area (Å²) in [6, 6.07) is 13.8. The van der Waals surface area contributed by atoms with Crippen LogP contribution in [0.3, 0.4) is 0 Å². The fourth-order valence-electron chi connectivity index (χ4n) is 3.44. The minimum atomic E-state index is -0.0264. The molecule has 0 amide bonds. The van der Waals surface area contributed by atoms with E-state index in [9.17, 15) is 5.11 Å². The van der Waals surface area contributed by atoms with E-state index in [1.165, 1.54) is 4.90 Å². The maximum atomic E-state index is 10.9. The maximum Gasteiger partial charge on any atom is 0.160 e. The monoisotopic (exact) mass is 322 g/mol. The third-order valence-corrected chi connectivity index (χ3v) is 4.62. The van der Waals surface area contributed by atoms with Gasteiger partial charge in [-0.05, 0) is 24.3 Å². The molecule has 3 heterocycles. The number of phenols is 1. The Labute approximate surface area is 140 Å². The van der Waals surface area contributed by atoms with Crippen molar-refractivity contribution in [2.24, 2.45) is 0 Å². The Bertz CT molecular complexity index is 832. The van der Waals surface area contributed by atoms with E-state index in [1.807, 2.05) is 42.5 Å². The van der Waals surface area contributed by atoms with Crippen LogP contribution in [0, 0.1) is 0 Å². The molecular weight excluding hydrogens is 302 g/mol. The molecule has 122 valence electrons. The highest BCUT2D eigenvalue weighted by Gasteiger charge is 2.31. The zero-order valence-electron chi connectivity index (χ0n) is 13.4. The molecule has 1 aromatic carbocycles. The zero-order chi connectivity index (χ0) is 16.4. The van der Waals surface area contributed by atoms with Crippen molar-refractivity contribution in [3.05, 3.63) is 66.1 Å². The predicted molar refractivity (Wildman–Crippen MR) is 91.0 cm³/mol. The molecule has 3 aromatic rings. The molecule has 0 aliphatic carbocycles. The second kappa shape index (κ2) is 6.55. The van der Waals surface area contributed by atoms with Crippen molar-refractivity contribution in [1.82, 2.24) is 9.97 Å². The van der Waals surface area contributed by atoms with Crippen molar-refractivity contribution in [2.45, 2.75) is 6.04 Å². The van der Waals surface area contributed by atoms with Crippen LogP contribution < -0.4 is 4.90 Å². The summed E-state index contributed by atoms with van der Waals surface area (Å²) in [5, 5.41) is 11.8. The van der Waals surface area contributed by atoms with Crippen LogP contribution in [0.25, 0.3) is 10.9 Å². The summed E-state index contributed by atoms with van der Waals surface area (Å²) >= 11 is 0. The standard InChI is InChI=1S/C19H19N3O2/c23-19-15(7-6-14-4-3-9-21-17(14)19)18(16-5-1-2-8-20-16)22-10-12-24-13-11-22/h1-9,18,23H,10-13H2/p+1/t18-/m0/s1. The summed E-state index contributed by atoms with van der Waals surface area (Å²) in [7, 11) is 0. The number of nitrogens with one attached hydrogen (secondary N) is 1. The average Bonchev–Trinajstić information content (AvgIpc) is 2.66. The molecule has 0 bridgehead atoms. The molecule has 5 heteroatoms. The molecule has 1 aliphatic rings. The van der Waals surface area contributed by atoms with Gasteiger partial charge in [0, 0.05) is 17.8 Å². The Balaban J connectivity index is 1.85. The highest BCUT2D eigenvalue weighted by atomic mass is 16.5. The quantitative estimate of drug-likeness (QED) is 0.764. The lowest BCUT2D eigenvalue weighted by molar-refractivity contribution is -0.933. The number of hydrogen-bond acceptors (Lipinski definition) is 4. The summed E-state index contributed by atoms with van der Waals surface area (Å²) in [6.45, 7) is 3.23. The van der Waals surface area contributed by atoms with Gasteiger partial charge in [-0.2, -0.15) is 0 Å². The number of benzene rings is 1. The van der Waals surface area contributed by atoms with Gasteiger partial charge in [0.2, 0.25) is 0 Å². The number of aromatic nitrogens is 2. The SMILES string of the molecule is Oc1c([C@@H](c2ccccn2)[NH+]2CCOCC2)ccc2cccnc12. The zero-order valence-corrected chi connectivity index (χ0v) is 13.4. The number of phenolic OH excluding ortho intramolecular Hbond substituents is 1. The van der Waals surface area contributed by atoms with Crippen molar-refractivity contribution < 1.29 is 14.7 Å². The Morgan fingerprint density at radius 3 is 2.58 bits per heavy atom. The van der Waals surface area contributed by atoms with Crippen molar-refractivity contribution >= 4 is 10.9 Å². The topological polar surface area (TPSA) is 59.7 Å². The number of morpholine rings is 1. The van der Waals surface area contributed by atoms with Gasteiger partial charge in [-0.15, -0.1) is 0 Å². The minimum absolute atomic E-state index is 0.0264. The first-order valence-electron chi connectivity index (χ1n) is 8.24. The van der Waals surface area contributed by atoms with E-state index in [2.05, 4.69) is 9.97 Å². The second-order valence-corrected chi connectivity index (χ2v) is 6.04. The minimum Gasteiger partial charge on any atom is -0.505 e. The molecule has 2 aromatic heterocycles. The molecular formula is C19H20N3O2+. The van der Waals surface area contributed by atoms with Crippen molar-refractivity contribution in [2.75, 3.05) is 26.3 Å². The van der Waals surface area contributed by atoms with Gasteiger partial charge in [0.25, 0.3) is 0 Å². The van der Waals surface area contributed by atoms with Gasteiger partial charge in [-0.3, -0.25) is 9.97 Å². The highest BCUT2D eigenvalue weighted by Crippen LogP contribution is 2.32. The first kappa shape index (κ1) is 15.1. The summed E-state index contributed by atoms with van der Waals surface area (Å²) < 4.78 is 5.51. The average molecular weight is 322 g/mol. The Morgan fingerprint density at radius 2 is 1.79 bits per heavy atom. The van der Waals surface area contributed by atoms with Crippen molar-refractivity contribution in [3.63, 3.8) is 0 Å². The Kier molecular flexibility index (Phi) is 4.11. The van der Waals surface area contributed by atoms with E-state index in [4.69, 9.17) is 4.74 Å². The van der Waals surface area contributed by atoms with Crippen LogP contribution in [0.2, 0.25) is 0 Å². The number of ether oxygens (including phenoxy) is 1. The van der Waals surface area contributed by atoms with Crippen LogP contribution in [-0.4, -0.2) is 41.4 Å². The lowest BCUT2D eigenvalue weighted by Crippen LogP contribution is -3.14. The van der Waals surface area contributed by atoms with E-state index in [1.54, 1.807) is 12.4 Å². The maximum absolute atomic E-state index is 10.9. The molecule has 0 radical (unpaired) electrons. The van der Waals surface area contributed by atoms with Crippen LogP contribution in [0.4, 0.5) is 0 Å². The molecule has 4 rings (SSSR count). The number of quaternary nitrogens is 1. The van der Waals surface area contributed by atoms with Gasteiger partial charge in [-0.25, -0.2) is 0 Å². The molecule has 1 aliphatic heterocycles. The largest absolute Gasteiger partial charge is 0.505 e. The summed E-state index contributed by atoms with van der Waals surface area (Å²) in [5.74, 6) is 0.253. The van der Waals surface area contributed by atoms with E-state index >= 15 is 0 Å². The fourth-order valence-corrected chi connectivity index (χ4v) is 3.44. The first-order valence-corrected chi connectivity index (χ1v) is 8.24. The number of nitrogens with zero attached hydrogens (tertiary/aromatic N) is 2. The third-order valence-electron chi connectivity index (χ3n) is 4.62. The van der Waals surface area contributed by atoms with E-state index in [0.717, 1.165) is 42.9 Å². The van der Waals surface area contributed by atoms with Gasteiger partial charge < -0.3 is 14.7 Å². The van der Waals surface area contributed by atoms with E-state index < -0.39 is 0 Å².